The zero-order valence-electron chi connectivity index (χ0n) is 13.3. The molecule has 0 radical (unpaired) electrons. The Balaban J connectivity index is 2.31. The predicted octanol–water partition coefficient (Wildman–Crippen LogP) is 6.50. The van der Waals surface area contributed by atoms with Crippen LogP contribution >= 0.6 is 22.9 Å². The van der Waals surface area contributed by atoms with Crippen LogP contribution < -0.4 is 5.32 Å². The minimum atomic E-state index is 0.446. The smallest absolute Gasteiger partial charge is 0.0590 e. The van der Waals surface area contributed by atoms with Crippen molar-refractivity contribution in [3.05, 3.63) is 20.8 Å². The summed E-state index contributed by atoms with van der Waals surface area (Å²) in [6, 6.07) is 0.446. The molecule has 1 unspecified atom stereocenters. The van der Waals surface area contributed by atoms with E-state index in [4.69, 9.17) is 11.6 Å². The molecular formula is C17H30ClNS. The SMILES string of the molecule is CCCCCCCCCC(NCC)c1scc(C)c1Cl. The van der Waals surface area contributed by atoms with Crippen molar-refractivity contribution in [2.75, 3.05) is 6.54 Å². The molecule has 0 aliphatic heterocycles. The Labute approximate surface area is 134 Å². The number of halogens is 1. The molecule has 0 aliphatic rings. The summed E-state index contributed by atoms with van der Waals surface area (Å²) in [4.78, 5) is 1.33. The highest BCUT2D eigenvalue weighted by Crippen LogP contribution is 2.34. The van der Waals surface area contributed by atoms with Crippen molar-refractivity contribution in [2.45, 2.75) is 78.2 Å². The topological polar surface area (TPSA) is 12.0 Å². The van der Waals surface area contributed by atoms with Crippen molar-refractivity contribution in [1.29, 1.82) is 0 Å². The van der Waals surface area contributed by atoms with Gasteiger partial charge < -0.3 is 5.32 Å². The van der Waals surface area contributed by atoms with Gasteiger partial charge in [-0.05, 0) is 30.8 Å². The first-order valence-corrected chi connectivity index (χ1v) is 9.43. The largest absolute Gasteiger partial charge is 0.309 e. The lowest BCUT2D eigenvalue weighted by atomic mass is 10.0. The molecule has 0 fully saturated rings. The molecule has 0 saturated heterocycles. The number of unbranched alkanes of at least 4 members (excludes halogenated alkanes) is 6. The molecule has 1 heterocycles. The molecule has 0 bridgehead atoms. The summed E-state index contributed by atoms with van der Waals surface area (Å²) in [5.41, 5.74) is 1.22. The van der Waals surface area contributed by atoms with Crippen molar-refractivity contribution in [2.24, 2.45) is 0 Å². The Morgan fingerprint density at radius 1 is 1.10 bits per heavy atom. The van der Waals surface area contributed by atoms with E-state index >= 15 is 0 Å². The second-order valence-corrected chi connectivity index (χ2v) is 6.91. The molecule has 1 rings (SSSR count). The zero-order valence-corrected chi connectivity index (χ0v) is 14.9. The molecule has 20 heavy (non-hydrogen) atoms. The van der Waals surface area contributed by atoms with Gasteiger partial charge in [-0.15, -0.1) is 11.3 Å². The fourth-order valence-corrected chi connectivity index (χ4v) is 4.00. The lowest BCUT2D eigenvalue weighted by molar-refractivity contribution is 0.481. The molecular weight excluding hydrogens is 286 g/mol. The highest BCUT2D eigenvalue weighted by Gasteiger charge is 2.16. The van der Waals surface area contributed by atoms with Gasteiger partial charge in [0.15, 0.2) is 0 Å². The van der Waals surface area contributed by atoms with Gasteiger partial charge in [0.2, 0.25) is 0 Å². The lowest BCUT2D eigenvalue weighted by Gasteiger charge is -2.17. The summed E-state index contributed by atoms with van der Waals surface area (Å²) in [5.74, 6) is 0. The van der Waals surface area contributed by atoms with Gasteiger partial charge in [-0.1, -0.05) is 70.4 Å². The number of aryl methyl sites for hydroxylation is 1. The zero-order chi connectivity index (χ0) is 14.8. The number of nitrogens with one attached hydrogen (secondary N) is 1. The van der Waals surface area contributed by atoms with Crippen LogP contribution in [0.4, 0.5) is 0 Å². The standard InChI is InChI=1S/C17H30ClNS/c1-4-6-7-8-9-10-11-12-15(19-5-2)17-16(18)14(3)13-20-17/h13,15,19H,4-12H2,1-3H3. The van der Waals surface area contributed by atoms with Gasteiger partial charge >= 0.3 is 0 Å². The van der Waals surface area contributed by atoms with Gasteiger partial charge in [-0.25, -0.2) is 0 Å². The normalized spacial score (nSPS) is 12.8. The van der Waals surface area contributed by atoms with E-state index in [-0.39, 0.29) is 0 Å². The van der Waals surface area contributed by atoms with Crippen LogP contribution in [0.3, 0.4) is 0 Å². The van der Waals surface area contributed by atoms with E-state index in [9.17, 15) is 0 Å². The molecule has 116 valence electrons. The van der Waals surface area contributed by atoms with Crippen LogP contribution in [-0.4, -0.2) is 6.54 Å². The second kappa shape index (κ2) is 10.6. The molecule has 0 spiro atoms. The second-order valence-electron chi connectivity index (χ2n) is 5.62. The molecule has 1 N–H and O–H groups in total. The quantitative estimate of drug-likeness (QED) is 0.459. The maximum Gasteiger partial charge on any atom is 0.0590 e. The molecule has 0 amide bonds. The van der Waals surface area contributed by atoms with Crippen molar-refractivity contribution in [3.63, 3.8) is 0 Å². The van der Waals surface area contributed by atoms with E-state index < -0.39 is 0 Å². The average molecular weight is 316 g/mol. The Morgan fingerprint density at radius 2 is 1.75 bits per heavy atom. The summed E-state index contributed by atoms with van der Waals surface area (Å²) in [6.45, 7) is 7.55. The lowest BCUT2D eigenvalue weighted by Crippen LogP contribution is -2.20. The van der Waals surface area contributed by atoms with E-state index in [1.807, 2.05) is 0 Å². The average Bonchev–Trinajstić information content (AvgIpc) is 2.77. The Hall–Kier alpha value is -0.0500. The number of rotatable bonds is 11. The van der Waals surface area contributed by atoms with Crippen molar-refractivity contribution in [1.82, 2.24) is 5.32 Å². The van der Waals surface area contributed by atoms with E-state index in [0.29, 0.717) is 6.04 Å². The molecule has 1 atom stereocenters. The van der Waals surface area contributed by atoms with Gasteiger partial charge in [0.05, 0.1) is 5.02 Å². The first-order valence-electron chi connectivity index (χ1n) is 8.17. The summed E-state index contributed by atoms with van der Waals surface area (Å²) in [7, 11) is 0. The van der Waals surface area contributed by atoms with Gasteiger partial charge in [-0.3, -0.25) is 0 Å². The predicted molar refractivity (Wildman–Crippen MR) is 93.1 cm³/mol. The number of hydrogen-bond acceptors (Lipinski definition) is 2. The third-order valence-electron chi connectivity index (χ3n) is 3.79. The Bertz CT molecular complexity index is 362. The Morgan fingerprint density at radius 3 is 2.30 bits per heavy atom. The van der Waals surface area contributed by atoms with E-state index in [1.54, 1.807) is 11.3 Å². The van der Waals surface area contributed by atoms with Crippen LogP contribution in [0.15, 0.2) is 5.38 Å². The highest BCUT2D eigenvalue weighted by atomic mass is 35.5. The minimum absolute atomic E-state index is 0.446. The number of thiophene rings is 1. The van der Waals surface area contributed by atoms with Crippen molar-refractivity contribution < 1.29 is 0 Å². The highest BCUT2D eigenvalue weighted by molar-refractivity contribution is 7.10. The fraction of sp³-hybridized carbons (Fsp3) is 0.765. The monoisotopic (exact) mass is 315 g/mol. The van der Waals surface area contributed by atoms with Crippen LogP contribution in [0.25, 0.3) is 0 Å². The Kier molecular flexibility index (Phi) is 9.58. The van der Waals surface area contributed by atoms with Gasteiger partial charge in [0.1, 0.15) is 0 Å². The summed E-state index contributed by atoms with van der Waals surface area (Å²) < 4.78 is 0. The van der Waals surface area contributed by atoms with Gasteiger partial charge in [0.25, 0.3) is 0 Å². The summed E-state index contributed by atoms with van der Waals surface area (Å²) in [5, 5.41) is 6.74. The van der Waals surface area contributed by atoms with E-state index in [0.717, 1.165) is 11.6 Å². The van der Waals surface area contributed by atoms with Crippen molar-refractivity contribution >= 4 is 22.9 Å². The van der Waals surface area contributed by atoms with Crippen LogP contribution in [0.1, 0.15) is 81.7 Å². The van der Waals surface area contributed by atoms with E-state index in [2.05, 4.69) is 31.5 Å². The molecule has 0 saturated carbocycles. The van der Waals surface area contributed by atoms with Gasteiger partial charge in [0, 0.05) is 10.9 Å². The summed E-state index contributed by atoms with van der Waals surface area (Å²) >= 11 is 8.21. The summed E-state index contributed by atoms with van der Waals surface area (Å²) in [6.07, 6.45) is 10.8. The van der Waals surface area contributed by atoms with Crippen molar-refractivity contribution in [3.8, 4) is 0 Å². The molecule has 3 heteroatoms. The molecule has 1 nitrogen and oxygen atoms in total. The first-order chi connectivity index (χ1) is 9.70. The maximum atomic E-state index is 6.41. The molecule has 0 aromatic carbocycles. The molecule has 1 aromatic heterocycles. The third kappa shape index (κ3) is 6.15. The fourth-order valence-electron chi connectivity index (χ4n) is 2.56. The van der Waals surface area contributed by atoms with Crippen LogP contribution in [-0.2, 0) is 0 Å². The first kappa shape index (κ1) is 18.0. The van der Waals surface area contributed by atoms with Crippen LogP contribution in [0, 0.1) is 6.92 Å². The van der Waals surface area contributed by atoms with E-state index in [1.165, 1.54) is 61.8 Å². The third-order valence-corrected chi connectivity index (χ3v) is 5.62. The minimum Gasteiger partial charge on any atom is -0.309 e. The maximum absolute atomic E-state index is 6.41. The number of hydrogen-bond donors (Lipinski definition) is 1. The van der Waals surface area contributed by atoms with Gasteiger partial charge in [-0.2, -0.15) is 0 Å². The van der Waals surface area contributed by atoms with Crippen LogP contribution in [0.5, 0.6) is 0 Å². The molecule has 1 aromatic rings. The molecule has 0 aliphatic carbocycles. The van der Waals surface area contributed by atoms with Crippen LogP contribution in [0.2, 0.25) is 5.02 Å².